The molecule has 0 aliphatic heterocycles. The lowest BCUT2D eigenvalue weighted by Gasteiger charge is -2.33. The molecular weight excluding hydrogens is 387 g/mol. The van der Waals surface area contributed by atoms with Gasteiger partial charge in [-0.3, -0.25) is 4.79 Å². The van der Waals surface area contributed by atoms with Gasteiger partial charge >= 0.3 is 0 Å². The quantitative estimate of drug-likeness (QED) is 0.497. The van der Waals surface area contributed by atoms with E-state index in [4.69, 9.17) is 0 Å². The molecule has 31 heavy (non-hydrogen) atoms. The second-order valence-corrected chi connectivity index (χ2v) is 8.63. The van der Waals surface area contributed by atoms with Gasteiger partial charge in [0.25, 0.3) is 5.91 Å². The Labute approximate surface area is 183 Å². The van der Waals surface area contributed by atoms with Crippen molar-refractivity contribution in [1.29, 1.82) is 0 Å². The molecule has 1 aliphatic carbocycles. The first-order chi connectivity index (χ1) is 15.0. The van der Waals surface area contributed by atoms with Crippen LogP contribution in [0.5, 0.6) is 0 Å². The van der Waals surface area contributed by atoms with Crippen molar-refractivity contribution in [1.82, 2.24) is 10.3 Å². The molecule has 0 radical (unpaired) electrons. The van der Waals surface area contributed by atoms with Crippen LogP contribution >= 0.6 is 0 Å². The number of nitrogens with zero attached hydrogens (tertiary/aromatic N) is 1. The Morgan fingerprint density at radius 2 is 1.61 bits per heavy atom. The summed E-state index contributed by atoms with van der Waals surface area (Å²) in [6, 6.07) is 20.0. The molecule has 0 bridgehead atoms. The maximum absolute atomic E-state index is 13.8. The normalized spacial score (nSPS) is 19.6. The molecule has 3 aromatic rings. The molecule has 1 aromatic heterocycles. The number of amides is 1. The van der Waals surface area contributed by atoms with Crippen molar-refractivity contribution in [3.8, 4) is 11.1 Å². The number of pyridine rings is 1. The van der Waals surface area contributed by atoms with Crippen molar-refractivity contribution in [2.24, 2.45) is 5.92 Å². The Bertz CT molecular complexity index is 1020. The van der Waals surface area contributed by atoms with E-state index >= 15 is 0 Å². The fraction of sp³-hybridized carbons (Fsp3) is 0.333. The van der Waals surface area contributed by atoms with Crippen LogP contribution < -0.4 is 5.32 Å². The van der Waals surface area contributed by atoms with Gasteiger partial charge in [-0.05, 0) is 86.3 Å². The molecule has 4 rings (SSSR count). The summed E-state index contributed by atoms with van der Waals surface area (Å²) >= 11 is 0. The molecule has 1 unspecified atom stereocenters. The summed E-state index contributed by atoms with van der Waals surface area (Å²) in [5.74, 6) is 0.429. The summed E-state index contributed by atoms with van der Waals surface area (Å²) in [5, 5.41) is 3.19. The monoisotopic (exact) mass is 416 g/mol. The Kier molecular flexibility index (Phi) is 6.45. The zero-order valence-electron chi connectivity index (χ0n) is 18.1. The maximum atomic E-state index is 13.8. The minimum Gasteiger partial charge on any atom is -0.349 e. The van der Waals surface area contributed by atoms with Crippen molar-refractivity contribution in [2.45, 2.75) is 51.5 Å². The predicted octanol–water partition coefficient (Wildman–Crippen LogP) is 6.29. The average Bonchev–Trinajstić information content (AvgIpc) is 2.81. The van der Waals surface area contributed by atoms with Crippen LogP contribution in [0.1, 0.15) is 60.0 Å². The van der Waals surface area contributed by atoms with E-state index in [0.29, 0.717) is 23.0 Å². The van der Waals surface area contributed by atoms with Gasteiger partial charge in [0.05, 0.1) is 0 Å². The van der Waals surface area contributed by atoms with E-state index in [1.807, 2.05) is 55.5 Å². The molecule has 1 amide bonds. The topological polar surface area (TPSA) is 42.0 Å². The van der Waals surface area contributed by atoms with Crippen molar-refractivity contribution < 1.29 is 9.18 Å². The molecular formula is C27H29FN2O. The molecule has 160 valence electrons. The lowest BCUT2D eigenvalue weighted by atomic mass is 9.75. The standard InChI is InChI=1S/C27H29FN2O/c1-18-25(16-17-29-26(18)28)23-12-8-20(9-13-23)19(2)30-27(31)24-14-10-22(11-15-24)21-6-4-3-5-7-21/h3-7,10-11,14-17,19-20,23H,8-9,12-13H2,1-2H3,(H,30,31). The number of nitrogens with one attached hydrogen (secondary N) is 1. The SMILES string of the molecule is Cc1c(C2CCC(C(C)NC(=O)c3ccc(-c4ccccc4)cc3)CC2)ccnc1F. The first-order valence-electron chi connectivity index (χ1n) is 11.1. The van der Waals surface area contributed by atoms with E-state index < -0.39 is 0 Å². The van der Waals surface area contributed by atoms with E-state index in [2.05, 4.69) is 29.4 Å². The number of benzene rings is 2. The smallest absolute Gasteiger partial charge is 0.251 e. The van der Waals surface area contributed by atoms with Crippen molar-refractivity contribution in [3.05, 3.63) is 89.5 Å². The Morgan fingerprint density at radius 3 is 2.29 bits per heavy atom. The van der Waals surface area contributed by atoms with Gasteiger partial charge in [0, 0.05) is 23.4 Å². The molecule has 3 nitrogen and oxygen atoms in total. The van der Waals surface area contributed by atoms with Gasteiger partial charge in [-0.25, -0.2) is 4.98 Å². The van der Waals surface area contributed by atoms with Gasteiger partial charge in [-0.2, -0.15) is 4.39 Å². The van der Waals surface area contributed by atoms with Crippen LogP contribution in [0.2, 0.25) is 0 Å². The number of hydrogen-bond donors (Lipinski definition) is 1. The number of hydrogen-bond acceptors (Lipinski definition) is 2. The minimum absolute atomic E-state index is 0.0266. The minimum atomic E-state index is -0.362. The van der Waals surface area contributed by atoms with E-state index in [1.165, 1.54) is 0 Å². The third-order valence-electron chi connectivity index (χ3n) is 6.72. The largest absolute Gasteiger partial charge is 0.349 e. The average molecular weight is 417 g/mol. The maximum Gasteiger partial charge on any atom is 0.251 e. The molecule has 4 heteroatoms. The number of halogens is 1. The lowest BCUT2D eigenvalue weighted by Crippen LogP contribution is -2.39. The molecule has 0 spiro atoms. The van der Waals surface area contributed by atoms with Crippen molar-refractivity contribution in [3.63, 3.8) is 0 Å². The highest BCUT2D eigenvalue weighted by atomic mass is 19.1. The Balaban J connectivity index is 1.33. The van der Waals surface area contributed by atoms with Crippen LogP contribution in [0.25, 0.3) is 11.1 Å². The Hall–Kier alpha value is -3.01. The van der Waals surface area contributed by atoms with Gasteiger partial charge in [0.1, 0.15) is 0 Å². The van der Waals surface area contributed by atoms with Crippen LogP contribution in [-0.4, -0.2) is 16.9 Å². The molecule has 1 saturated carbocycles. The van der Waals surface area contributed by atoms with Gasteiger partial charge in [-0.1, -0.05) is 42.5 Å². The van der Waals surface area contributed by atoms with Crippen LogP contribution in [0.4, 0.5) is 4.39 Å². The van der Waals surface area contributed by atoms with Gasteiger partial charge in [-0.15, -0.1) is 0 Å². The highest BCUT2D eigenvalue weighted by molar-refractivity contribution is 5.94. The lowest BCUT2D eigenvalue weighted by molar-refractivity contribution is 0.0917. The van der Waals surface area contributed by atoms with E-state index in [9.17, 15) is 9.18 Å². The molecule has 1 heterocycles. The number of aromatic nitrogens is 1. The fourth-order valence-electron chi connectivity index (χ4n) is 4.75. The highest BCUT2D eigenvalue weighted by Crippen LogP contribution is 2.38. The summed E-state index contributed by atoms with van der Waals surface area (Å²) in [5.41, 5.74) is 4.69. The summed E-state index contributed by atoms with van der Waals surface area (Å²) in [6.45, 7) is 3.91. The first kappa shape index (κ1) is 21.2. The highest BCUT2D eigenvalue weighted by Gasteiger charge is 2.28. The first-order valence-corrected chi connectivity index (χ1v) is 11.1. The third-order valence-corrected chi connectivity index (χ3v) is 6.72. The zero-order chi connectivity index (χ0) is 21.8. The predicted molar refractivity (Wildman–Crippen MR) is 122 cm³/mol. The van der Waals surface area contributed by atoms with Crippen molar-refractivity contribution in [2.75, 3.05) is 0 Å². The summed E-state index contributed by atoms with van der Waals surface area (Å²) in [4.78, 5) is 16.5. The number of carbonyl (C=O) groups is 1. The van der Waals surface area contributed by atoms with E-state index in [1.54, 1.807) is 6.20 Å². The second kappa shape index (κ2) is 9.42. The van der Waals surface area contributed by atoms with Crippen LogP contribution in [0.3, 0.4) is 0 Å². The number of rotatable bonds is 5. The summed E-state index contributed by atoms with van der Waals surface area (Å²) in [6.07, 6.45) is 5.66. The molecule has 0 saturated heterocycles. The van der Waals surface area contributed by atoms with E-state index in [-0.39, 0.29) is 17.9 Å². The molecule has 1 N–H and O–H groups in total. The van der Waals surface area contributed by atoms with Gasteiger partial charge in [0.15, 0.2) is 0 Å². The number of carbonyl (C=O) groups excluding carboxylic acids is 1. The molecule has 2 aromatic carbocycles. The van der Waals surface area contributed by atoms with Crippen LogP contribution in [0, 0.1) is 18.8 Å². The van der Waals surface area contributed by atoms with Gasteiger partial charge < -0.3 is 5.32 Å². The van der Waals surface area contributed by atoms with Gasteiger partial charge in [0.2, 0.25) is 5.95 Å². The third kappa shape index (κ3) is 4.84. The van der Waals surface area contributed by atoms with Crippen molar-refractivity contribution >= 4 is 5.91 Å². The Morgan fingerprint density at radius 1 is 0.968 bits per heavy atom. The second-order valence-electron chi connectivity index (χ2n) is 8.63. The molecule has 1 atom stereocenters. The van der Waals surface area contributed by atoms with Crippen LogP contribution in [-0.2, 0) is 0 Å². The van der Waals surface area contributed by atoms with Crippen LogP contribution in [0.15, 0.2) is 66.9 Å². The molecule has 1 fully saturated rings. The summed E-state index contributed by atoms with van der Waals surface area (Å²) in [7, 11) is 0. The zero-order valence-corrected chi connectivity index (χ0v) is 18.1. The van der Waals surface area contributed by atoms with E-state index in [0.717, 1.165) is 42.4 Å². The molecule has 1 aliphatic rings. The summed E-state index contributed by atoms with van der Waals surface area (Å²) < 4.78 is 13.8. The fourth-order valence-corrected chi connectivity index (χ4v) is 4.75.